The summed E-state index contributed by atoms with van der Waals surface area (Å²) in [7, 11) is 1.53. The molecule has 196 valence electrons. The van der Waals surface area contributed by atoms with Crippen molar-refractivity contribution in [2.24, 2.45) is 0 Å². The van der Waals surface area contributed by atoms with Gasteiger partial charge in [-0.05, 0) is 49.7 Å². The van der Waals surface area contributed by atoms with Gasteiger partial charge in [-0.3, -0.25) is 14.5 Å². The highest BCUT2D eigenvalue weighted by atomic mass is 32.1. The predicted molar refractivity (Wildman–Crippen MR) is 138 cm³/mol. The van der Waals surface area contributed by atoms with Gasteiger partial charge in [0.15, 0.2) is 16.6 Å². The quantitative estimate of drug-likeness (QED) is 0.215. The standard InChI is InChI=1S/C27H24N2O8S/c1-4-35-26(33)24-14(2)28-27(38-24)29-21(15-5-8-17(34-3)9-6-15)20(23(31)25(29)32)22(30)16-7-10-18-19(13-16)37-12-11-36-18/h5-10,13,21,30H,4,11-12H2,1-3H3/t21-/m1/s1. The Balaban J connectivity index is 1.66. The van der Waals surface area contributed by atoms with Gasteiger partial charge in [0.25, 0.3) is 5.78 Å². The summed E-state index contributed by atoms with van der Waals surface area (Å²) in [4.78, 5) is 45.1. The van der Waals surface area contributed by atoms with Gasteiger partial charge in [-0.25, -0.2) is 9.78 Å². The summed E-state index contributed by atoms with van der Waals surface area (Å²) in [5.74, 6) is -1.19. The smallest absolute Gasteiger partial charge is 0.350 e. The Bertz CT molecular complexity index is 1460. The van der Waals surface area contributed by atoms with Crippen LogP contribution in [-0.4, -0.2) is 54.7 Å². The van der Waals surface area contributed by atoms with Crippen molar-refractivity contribution in [2.45, 2.75) is 19.9 Å². The van der Waals surface area contributed by atoms with Gasteiger partial charge in [0, 0.05) is 5.56 Å². The molecule has 3 heterocycles. The minimum atomic E-state index is -1.02. The van der Waals surface area contributed by atoms with Crippen LogP contribution in [0, 0.1) is 6.92 Å². The zero-order chi connectivity index (χ0) is 27.0. The average molecular weight is 537 g/mol. The van der Waals surface area contributed by atoms with Gasteiger partial charge in [-0.15, -0.1) is 0 Å². The highest BCUT2D eigenvalue weighted by molar-refractivity contribution is 7.17. The zero-order valence-corrected chi connectivity index (χ0v) is 21.7. The summed E-state index contributed by atoms with van der Waals surface area (Å²) in [6.07, 6.45) is 0. The van der Waals surface area contributed by atoms with Crippen LogP contribution in [0.15, 0.2) is 48.0 Å². The molecule has 38 heavy (non-hydrogen) atoms. The Morgan fingerprint density at radius 1 is 1.13 bits per heavy atom. The van der Waals surface area contributed by atoms with Gasteiger partial charge in [-0.2, -0.15) is 0 Å². The van der Waals surface area contributed by atoms with Crippen molar-refractivity contribution in [1.82, 2.24) is 4.98 Å². The molecule has 0 radical (unpaired) electrons. The molecule has 3 aromatic rings. The van der Waals surface area contributed by atoms with E-state index in [1.807, 2.05) is 0 Å². The molecule has 10 nitrogen and oxygen atoms in total. The van der Waals surface area contributed by atoms with E-state index in [0.717, 1.165) is 11.3 Å². The fraction of sp³-hybridized carbons (Fsp3) is 0.259. The Labute approximate surface area is 222 Å². The van der Waals surface area contributed by atoms with E-state index in [4.69, 9.17) is 18.9 Å². The first kappa shape index (κ1) is 25.3. The molecule has 0 unspecified atom stereocenters. The summed E-state index contributed by atoms with van der Waals surface area (Å²) < 4.78 is 21.5. The molecule has 1 aromatic heterocycles. The molecule has 2 aliphatic heterocycles. The third-order valence-corrected chi connectivity index (χ3v) is 7.28. The molecule has 5 rings (SSSR count). The first-order chi connectivity index (χ1) is 18.3. The molecule has 1 N–H and O–H groups in total. The van der Waals surface area contributed by atoms with Crippen LogP contribution in [-0.2, 0) is 14.3 Å². The Morgan fingerprint density at radius 2 is 1.84 bits per heavy atom. The lowest BCUT2D eigenvalue weighted by Gasteiger charge is -2.23. The van der Waals surface area contributed by atoms with Crippen molar-refractivity contribution >= 4 is 39.9 Å². The number of nitrogens with zero attached hydrogens (tertiary/aromatic N) is 2. The fourth-order valence-electron chi connectivity index (χ4n) is 4.35. The predicted octanol–water partition coefficient (Wildman–Crippen LogP) is 4.03. The Hall–Kier alpha value is -4.38. The lowest BCUT2D eigenvalue weighted by molar-refractivity contribution is -0.132. The number of aromatic nitrogens is 1. The van der Waals surface area contributed by atoms with Crippen LogP contribution < -0.4 is 19.1 Å². The molecule has 1 fully saturated rings. The number of Topliss-reactive ketones (excluding diaryl/α,β-unsaturated/α-hetero) is 1. The number of carbonyl (C=O) groups excluding carboxylic acids is 3. The molecule has 0 aliphatic carbocycles. The number of amides is 1. The van der Waals surface area contributed by atoms with E-state index in [-0.39, 0.29) is 33.5 Å². The van der Waals surface area contributed by atoms with Gasteiger partial charge < -0.3 is 24.1 Å². The van der Waals surface area contributed by atoms with Gasteiger partial charge in [0.05, 0.1) is 31.0 Å². The summed E-state index contributed by atoms with van der Waals surface area (Å²) in [6, 6.07) is 10.6. The van der Waals surface area contributed by atoms with Crippen molar-refractivity contribution < 1.29 is 38.4 Å². The molecule has 1 saturated heterocycles. The van der Waals surface area contributed by atoms with E-state index < -0.39 is 23.7 Å². The Kier molecular flexibility index (Phi) is 6.77. The second-order valence-electron chi connectivity index (χ2n) is 8.43. The number of ether oxygens (including phenoxy) is 4. The van der Waals surface area contributed by atoms with Crippen LogP contribution in [0.25, 0.3) is 5.76 Å². The number of anilines is 1. The fourth-order valence-corrected chi connectivity index (χ4v) is 5.34. The molecule has 1 atom stereocenters. The second-order valence-corrected chi connectivity index (χ2v) is 9.41. The van der Waals surface area contributed by atoms with E-state index in [0.29, 0.717) is 41.7 Å². The average Bonchev–Trinajstić information content (AvgIpc) is 3.44. The maximum Gasteiger partial charge on any atom is 0.350 e. The highest BCUT2D eigenvalue weighted by Gasteiger charge is 2.48. The summed E-state index contributed by atoms with van der Waals surface area (Å²) in [6.45, 7) is 4.24. The third-order valence-electron chi connectivity index (χ3n) is 6.14. The van der Waals surface area contributed by atoms with Crippen molar-refractivity contribution in [3.05, 3.63) is 69.7 Å². The van der Waals surface area contributed by atoms with Crippen LogP contribution in [0.2, 0.25) is 0 Å². The summed E-state index contributed by atoms with van der Waals surface area (Å²) in [5, 5.41) is 11.5. The molecule has 0 spiro atoms. The first-order valence-electron chi connectivity index (χ1n) is 11.8. The molecule has 0 bridgehead atoms. The number of benzene rings is 2. The van der Waals surface area contributed by atoms with E-state index in [1.165, 1.54) is 12.0 Å². The van der Waals surface area contributed by atoms with Crippen LogP contribution in [0.1, 0.15) is 39.5 Å². The summed E-state index contributed by atoms with van der Waals surface area (Å²) >= 11 is 0.947. The van der Waals surface area contributed by atoms with Crippen molar-refractivity contribution in [1.29, 1.82) is 0 Å². The molecule has 2 aromatic carbocycles. The first-order valence-corrected chi connectivity index (χ1v) is 12.6. The van der Waals surface area contributed by atoms with Gasteiger partial charge >= 0.3 is 11.9 Å². The monoisotopic (exact) mass is 536 g/mol. The third kappa shape index (κ3) is 4.34. The number of aliphatic hydroxyl groups is 1. The van der Waals surface area contributed by atoms with Gasteiger partial charge in [-0.1, -0.05) is 23.5 Å². The lowest BCUT2D eigenvalue weighted by atomic mass is 9.95. The van der Waals surface area contributed by atoms with Gasteiger partial charge in [0.1, 0.15) is 29.6 Å². The van der Waals surface area contributed by atoms with Crippen LogP contribution in [0.5, 0.6) is 17.2 Å². The number of aliphatic hydroxyl groups excluding tert-OH is 1. The normalized spacial score (nSPS) is 18.0. The number of fused-ring (bicyclic) bond motifs is 1. The minimum absolute atomic E-state index is 0.123. The molecule has 0 saturated carbocycles. The Morgan fingerprint density at radius 3 is 2.53 bits per heavy atom. The lowest BCUT2D eigenvalue weighted by Crippen LogP contribution is -2.29. The number of carbonyl (C=O) groups is 3. The highest BCUT2D eigenvalue weighted by Crippen LogP contribution is 2.45. The van der Waals surface area contributed by atoms with E-state index in [1.54, 1.807) is 56.3 Å². The molecular formula is C27H24N2O8S. The van der Waals surface area contributed by atoms with Crippen molar-refractivity contribution in [2.75, 3.05) is 31.8 Å². The number of aryl methyl sites for hydroxylation is 1. The molecular weight excluding hydrogens is 512 g/mol. The van der Waals surface area contributed by atoms with Crippen molar-refractivity contribution in [3.8, 4) is 17.2 Å². The van der Waals surface area contributed by atoms with Crippen molar-refractivity contribution in [3.63, 3.8) is 0 Å². The van der Waals surface area contributed by atoms with Crippen LogP contribution in [0.4, 0.5) is 5.13 Å². The van der Waals surface area contributed by atoms with Crippen LogP contribution >= 0.6 is 11.3 Å². The number of hydrogen-bond acceptors (Lipinski definition) is 10. The van der Waals surface area contributed by atoms with E-state index >= 15 is 0 Å². The number of ketones is 1. The van der Waals surface area contributed by atoms with Gasteiger partial charge in [0.2, 0.25) is 0 Å². The number of rotatable bonds is 6. The molecule has 11 heteroatoms. The zero-order valence-electron chi connectivity index (χ0n) is 20.8. The topological polar surface area (TPSA) is 124 Å². The maximum atomic E-state index is 13.4. The largest absolute Gasteiger partial charge is 0.507 e. The number of thiazole rings is 1. The molecule has 1 amide bonds. The van der Waals surface area contributed by atoms with E-state index in [2.05, 4.69) is 4.98 Å². The summed E-state index contributed by atoms with van der Waals surface area (Å²) in [5.41, 5.74) is 1.07. The number of esters is 1. The van der Waals surface area contributed by atoms with E-state index in [9.17, 15) is 19.5 Å². The minimum Gasteiger partial charge on any atom is -0.507 e. The van der Waals surface area contributed by atoms with Crippen LogP contribution in [0.3, 0.4) is 0 Å². The molecule has 2 aliphatic rings. The second kappa shape index (κ2) is 10.2. The number of methoxy groups -OCH3 is 1. The number of hydrogen-bond donors (Lipinski definition) is 1. The maximum absolute atomic E-state index is 13.4. The SMILES string of the molecule is CCOC(=O)c1sc(N2C(=O)C(=O)C(=C(O)c3ccc4c(c3)OCCO4)[C@H]2c2ccc(OC)cc2)nc1C.